The van der Waals surface area contributed by atoms with Gasteiger partial charge in [-0.15, -0.1) is 0 Å². The Morgan fingerprint density at radius 1 is 1.13 bits per heavy atom. The maximum Gasteiger partial charge on any atom is 0.251 e. The van der Waals surface area contributed by atoms with Gasteiger partial charge in [-0.25, -0.2) is 9.97 Å². The van der Waals surface area contributed by atoms with Crippen LogP contribution >= 0.6 is 11.8 Å². The Balaban J connectivity index is 1.61. The molecule has 9 heteroatoms. The molecule has 0 bridgehead atoms. The number of nitrogens with zero attached hydrogens (tertiary/aromatic N) is 4. The van der Waals surface area contributed by atoms with Crippen LogP contribution in [-0.4, -0.2) is 78.0 Å². The number of nitrogens with one attached hydrogen (secondary N) is 1. The third-order valence-electron chi connectivity index (χ3n) is 4.99. The predicted octanol–water partition coefficient (Wildman–Crippen LogP) is 1.69. The van der Waals surface area contributed by atoms with Gasteiger partial charge in [0, 0.05) is 44.1 Å². The van der Waals surface area contributed by atoms with Gasteiger partial charge in [0.2, 0.25) is 11.9 Å². The summed E-state index contributed by atoms with van der Waals surface area (Å²) in [4.78, 5) is 38.3. The van der Waals surface area contributed by atoms with E-state index in [1.807, 2.05) is 11.2 Å². The summed E-state index contributed by atoms with van der Waals surface area (Å²) in [6.45, 7) is 2.48. The number of amides is 2. The van der Waals surface area contributed by atoms with Crippen molar-refractivity contribution < 1.29 is 14.3 Å². The molecule has 0 spiro atoms. The van der Waals surface area contributed by atoms with Crippen molar-refractivity contribution in [2.24, 2.45) is 0 Å². The first-order valence-electron chi connectivity index (χ1n) is 9.87. The van der Waals surface area contributed by atoms with E-state index in [1.165, 1.54) is 0 Å². The van der Waals surface area contributed by atoms with E-state index in [0.29, 0.717) is 49.9 Å². The van der Waals surface area contributed by atoms with E-state index in [0.717, 1.165) is 5.75 Å². The molecule has 2 heterocycles. The molecule has 0 radical (unpaired) electrons. The molecule has 1 aromatic heterocycles. The smallest absolute Gasteiger partial charge is 0.251 e. The first-order chi connectivity index (χ1) is 14.6. The summed E-state index contributed by atoms with van der Waals surface area (Å²) in [5.41, 5.74) is 0.504. The zero-order valence-electron chi connectivity index (χ0n) is 17.3. The van der Waals surface area contributed by atoms with Crippen LogP contribution in [0.25, 0.3) is 0 Å². The average molecular weight is 430 g/mol. The summed E-state index contributed by atoms with van der Waals surface area (Å²) in [5.74, 6) is 1.85. The molecule has 1 atom stereocenters. The van der Waals surface area contributed by atoms with Gasteiger partial charge in [0.1, 0.15) is 11.8 Å². The quantitative estimate of drug-likeness (QED) is 0.683. The fourth-order valence-corrected chi connectivity index (χ4v) is 3.75. The third kappa shape index (κ3) is 5.63. The SMILES string of the molecule is COc1ccc(C(=O)NC(CCSC)C(=O)N2CCN(c3ncccn3)CC2)cc1. The molecule has 1 aromatic carbocycles. The highest BCUT2D eigenvalue weighted by molar-refractivity contribution is 7.98. The number of benzene rings is 1. The van der Waals surface area contributed by atoms with Crippen molar-refractivity contribution in [1.82, 2.24) is 20.2 Å². The number of piperazine rings is 1. The number of carbonyl (C=O) groups excluding carboxylic acids is 2. The van der Waals surface area contributed by atoms with Crippen molar-refractivity contribution in [3.63, 3.8) is 0 Å². The number of methoxy groups -OCH3 is 1. The molecular formula is C21H27N5O3S. The molecule has 8 nitrogen and oxygen atoms in total. The number of hydrogen-bond donors (Lipinski definition) is 1. The molecule has 3 rings (SSSR count). The molecule has 2 aromatic rings. The monoisotopic (exact) mass is 429 g/mol. The van der Waals surface area contributed by atoms with Gasteiger partial charge >= 0.3 is 0 Å². The molecule has 1 fully saturated rings. The van der Waals surface area contributed by atoms with Crippen molar-refractivity contribution in [1.29, 1.82) is 0 Å². The van der Waals surface area contributed by atoms with Gasteiger partial charge in [0.15, 0.2) is 0 Å². The molecule has 0 saturated carbocycles. The van der Waals surface area contributed by atoms with Crippen LogP contribution in [0.3, 0.4) is 0 Å². The maximum absolute atomic E-state index is 13.1. The molecule has 0 aliphatic carbocycles. The third-order valence-corrected chi connectivity index (χ3v) is 5.64. The van der Waals surface area contributed by atoms with E-state index >= 15 is 0 Å². The molecule has 160 valence electrons. The number of ether oxygens (including phenoxy) is 1. The number of carbonyl (C=O) groups is 2. The van der Waals surface area contributed by atoms with E-state index in [-0.39, 0.29) is 11.8 Å². The topological polar surface area (TPSA) is 87.7 Å². The van der Waals surface area contributed by atoms with Crippen LogP contribution in [0.5, 0.6) is 5.75 Å². The minimum Gasteiger partial charge on any atom is -0.497 e. The van der Waals surface area contributed by atoms with E-state index in [9.17, 15) is 9.59 Å². The van der Waals surface area contributed by atoms with E-state index in [4.69, 9.17) is 4.74 Å². The number of anilines is 1. The molecule has 30 heavy (non-hydrogen) atoms. The average Bonchev–Trinajstić information content (AvgIpc) is 2.82. The Bertz CT molecular complexity index is 826. The van der Waals surface area contributed by atoms with Crippen molar-refractivity contribution >= 4 is 29.5 Å². The highest BCUT2D eigenvalue weighted by Gasteiger charge is 2.29. The highest BCUT2D eigenvalue weighted by atomic mass is 32.2. The zero-order valence-corrected chi connectivity index (χ0v) is 18.1. The lowest BCUT2D eigenvalue weighted by Crippen LogP contribution is -2.55. The molecule has 1 aliphatic rings. The Hall–Kier alpha value is -2.81. The standard InChI is InChI=1S/C21H27N5O3S/c1-29-17-6-4-16(5-7-17)19(27)24-18(8-15-30-2)20(28)25-11-13-26(14-12-25)21-22-9-3-10-23-21/h3-7,9-10,18H,8,11-15H2,1-2H3,(H,24,27). The molecular weight excluding hydrogens is 402 g/mol. The lowest BCUT2D eigenvalue weighted by molar-refractivity contribution is -0.133. The second-order valence-electron chi connectivity index (χ2n) is 6.90. The first-order valence-corrected chi connectivity index (χ1v) is 11.3. The Labute approximate surface area is 181 Å². The second-order valence-corrected chi connectivity index (χ2v) is 7.88. The van der Waals surface area contributed by atoms with Crippen LogP contribution in [0, 0.1) is 0 Å². The summed E-state index contributed by atoms with van der Waals surface area (Å²) < 4.78 is 5.13. The van der Waals surface area contributed by atoms with Crippen LogP contribution in [0.2, 0.25) is 0 Å². The van der Waals surface area contributed by atoms with Crippen LogP contribution in [0.1, 0.15) is 16.8 Å². The Morgan fingerprint density at radius 3 is 2.40 bits per heavy atom. The Kier molecular flexibility index (Phi) is 7.89. The summed E-state index contributed by atoms with van der Waals surface area (Å²) in [5, 5.41) is 2.92. The van der Waals surface area contributed by atoms with E-state index < -0.39 is 6.04 Å². The molecule has 2 amide bonds. The number of aromatic nitrogens is 2. The van der Waals surface area contributed by atoms with Crippen LogP contribution in [0.15, 0.2) is 42.7 Å². The van der Waals surface area contributed by atoms with Crippen LogP contribution in [0.4, 0.5) is 5.95 Å². The van der Waals surface area contributed by atoms with Gasteiger partial charge in [-0.05, 0) is 48.8 Å². The fraction of sp³-hybridized carbons (Fsp3) is 0.429. The second kappa shape index (κ2) is 10.8. The van der Waals surface area contributed by atoms with Gasteiger partial charge in [-0.1, -0.05) is 0 Å². The van der Waals surface area contributed by atoms with Crippen molar-refractivity contribution in [2.45, 2.75) is 12.5 Å². The first kappa shape index (κ1) is 21.9. The minimum absolute atomic E-state index is 0.0421. The molecule has 1 unspecified atom stereocenters. The van der Waals surface area contributed by atoms with Crippen molar-refractivity contribution in [2.75, 3.05) is 50.2 Å². The van der Waals surface area contributed by atoms with E-state index in [1.54, 1.807) is 61.6 Å². The van der Waals surface area contributed by atoms with Gasteiger partial charge in [-0.3, -0.25) is 9.59 Å². The Morgan fingerprint density at radius 2 is 1.80 bits per heavy atom. The van der Waals surface area contributed by atoms with Gasteiger partial charge < -0.3 is 19.9 Å². The maximum atomic E-state index is 13.1. The molecule has 1 N–H and O–H groups in total. The largest absolute Gasteiger partial charge is 0.497 e. The summed E-state index contributed by atoms with van der Waals surface area (Å²) >= 11 is 1.66. The minimum atomic E-state index is -0.549. The van der Waals surface area contributed by atoms with Gasteiger partial charge in [0.05, 0.1) is 7.11 Å². The summed E-state index contributed by atoms with van der Waals surface area (Å²) in [6, 6.07) is 8.10. The van der Waals surface area contributed by atoms with Gasteiger partial charge in [0.25, 0.3) is 5.91 Å². The molecule has 1 saturated heterocycles. The van der Waals surface area contributed by atoms with E-state index in [2.05, 4.69) is 20.2 Å². The van der Waals surface area contributed by atoms with Gasteiger partial charge in [-0.2, -0.15) is 11.8 Å². The van der Waals surface area contributed by atoms with Crippen LogP contribution < -0.4 is 15.0 Å². The lowest BCUT2D eigenvalue weighted by Gasteiger charge is -2.36. The fourth-order valence-electron chi connectivity index (χ4n) is 3.28. The highest BCUT2D eigenvalue weighted by Crippen LogP contribution is 2.14. The normalized spacial score (nSPS) is 14.9. The van der Waals surface area contributed by atoms with Crippen molar-refractivity contribution in [3.8, 4) is 5.75 Å². The predicted molar refractivity (Wildman–Crippen MR) is 118 cm³/mol. The molecule has 1 aliphatic heterocycles. The van der Waals surface area contributed by atoms with Crippen molar-refractivity contribution in [3.05, 3.63) is 48.3 Å². The number of thioether (sulfide) groups is 1. The summed E-state index contributed by atoms with van der Waals surface area (Å²) in [7, 11) is 1.58. The zero-order chi connectivity index (χ0) is 21.3. The lowest BCUT2D eigenvalue weighted by atomic mass is 10.1. The number of hydrogen-bond acceptors (Lipinski definition) is 7. The van der Waals surface area contributed by atoms with Crippen LogP contribution in [-0.2, 0) is 4.79 Å². The number of rotatable bonds is 8. The summed E-state index contributed by atoms with van der Waals surface area (Å²) in [6.07, 6.45) is 6.01.